The number of aliphatic hydroxyl groups is 1. The van der Waals surface area contributed by atoms with E-state index in [1.807, 2.05) is 0 Å². The third kappa shape index (κ3) is 4.03. The van der Waals surface area contributed by atoms with Crippen molar-refractivity contribution in [2.45, 2.75) is 69.9 Å². The molecule has 1 amide bonds. The fourth-order valence-electron chi connectivity index (χ4n) is 2.39. The number of hydrogen-bond acceptors (Lipinski definition) is 3. The molecule has 1 saturated carbocycles. The van der Waals surface area contributed by atoms with Crippen LogP contribution in [0.2, 0.25) is 0 Å². The summed E-state index contributed by atoms with van der Waals surface area (Å²) in [7, 11) is 0. The van der Waals surface area contributed by atoms with Crippen molar-refractivity contribution in [3.8, 4) is 0 Å². The molecule has 6 heteroatoms. The zero-order valence-electron chi connectivity index (χ0n) is 11.8. The molecule has 112 valence electrons. The van der Waals surface area contributed by atoms with Crippen LogP contribution in [0.5, 0.6) is 0 Å². The molecule has 1 rings (SSSR count). The molecule has 0 unspecified atom stereocenters. The second-order valence-corrected chi connectivity index (χ2v) is 6.13. The van der Waals surface area contributed by atoms with Crippen molar-refractivity contribution in [2.75, 3.05) is 6.61 Å². The molecule has 0 atom stereocenters. The van der Waals surface area contributed by atoms with Crippen molar-refractivity contribution >= 4 is 6.09 Å². The van der Waals surface area contributed by atoms with Crippen LogP contribution in [0.4, 0.5) is 13.6 Å². The predicted octanol–water partition coefficient (Wildman–Crippen LogP) is 2.84. The molecule has 0 spiro atoms. The van der Waals surface area contributed by atoms with Gasteiger partial charge in [0.1, 0.15) is 17.7 Å². The van der Waals surface area contributed by atoms with E-state index < -0.39 is 29.8 Å². The van der Waals surface area contributed by atoms with Crippen LogP contribution < -0.4 is 5.32 Å². The van der Waals surface area contributed by atoms with Gasteiger partial charge in [-0.25, -0.2) is 13.6 Å². The Labute approximate surface area is 112 Å². The Hall–Kier alpha value is -0.910. The van der Waals surface area contributed by atoms with E-state index in [0.29, 0.717) is 12.8 Å². The number of ether oxygens (including phenoxy) is 1. The minimum Gasteiger partial charge on any atom is -0.444 e. The first-order chi connectivity index (χ1) is 8.62. The highest BCUT2D eigenvalue weighted by atomic mass is 19.3. The lowest BCUT2D eigenvalue weighted by Gasteiger charge is -2.43. The normalized spacial score (nSPS) is 19.9. The first-order valence-electron chi connectivity index (χ1n) is 6.62. The van der Waals surface area contributed by atoms with Crippen LogP contribution in [-0.2, 0) is 4.74 Å². The second kappa shape index (κ2) is 5.61. The summed E-state index contributed by atoms with van der Waals surface area (Å²) in [6.45, 7) is 3.74. The fraction of sp³-hybridized carbons (Fsp3) is 0.923. The minimum absolute atomic E-state index is 0.153. The van der Waals surface area contributed by atoms with Gasteiger partial charge in [-0.3, -0.25) is 0 Å². The van der Waals surface area contributed by atoms with E-state index >= 15 is 0 Å². The number of rotatable bonds is 3. The Morgan fingerprint density at radius 2 is 1.79 bits per heavy atom. The Morgan fingerprint density at radius 1 is 1.26 bits per heavy atom. The van der Waals surface area contributed by atoms with Crippen molar-refractivity contribution in [3.05, 3.63) is 0 Å². The van der Waals surface area contributed by atoms with Gasteiger partial charge in [0.05, 0.1) is 0 Å². The maximum atomic E-state index is 14.0. The molecule has 1 fully saturated rings. The van der Waals surface area contributed by atoms with Gasteiger partial charge in [0.15, 0.2) is 0 Å². The van der Waals surface area contributed by atoms with E-state index in [1.54, 1.807) is 20.8 Å². The number of aliphatic hydroxyl groups excluding tert-OH is 1. The summed E-state index contributed by atoms with van der Waals surface area (Å²) in [6.07, 6.45) is 1.51. The van der Waals surface area contributed by atoms with Gasteiger partial charge in [0.2, 0.25) is 0 Å². The van der Waals surface area contributed by atoms with Gasteiger partial charge < -0.3 is 15.2 Å². The van der Waals surface area contributed by atoms with Crippen LogP contribution >= 0.6 is 0 Å². The highest BCUT2D eigenvalue weighted by molar-refractivity contribution is 5.69. The molecule has 0 aromatic rings. The Balaban J connectivity index is 2.84. The Morgan fingerprint density at radius 3 is 2.21 bits per heavy atom. The second-order valence-electron chi connectivity index (χ2n) is 6.13. The quantitative estimate of drug-likeness (QED) is 0.835. The lowest BCUT2D eigenvalue weighted by atomic mass is 9.77. The summed E-state index contributed by atoms with van der Waals surface area (Å²) < 4.78 is 33.0. The van der Waals surface area contributed by atoms with E-state index in [0.717, 1.165) is 6.42 Å². The third-order valence-corrected chi connectivity index (χ3v) is 3.35. The van der Waals surface area contributed by atoms with Crippen LogP contribution in [-0.4, -0.2) is 34.9 Å². The number of carbonyl (C=O) groups is 1. The number of alkyl halides is 2. The third-order valence-electron chi connectivity index (χ3n) is 3.35. The number of carbonyl (C=O) groups excluding carboxylic acids is 1. The first kappa shape index (κ1) is 16.1. The van der Waals surface area contributed by atoms with Crippen molar-refractivity contribution in [3.63, 3.8) is 0 Å². The summed E-state index contributed by atoms with van der Waals surface area (Å²) in [4.78, 5) is 11.7. The molecule has 0 aromatic carbocycles. The molecule has 1 aliphatic rings. The van der Waals surface area contributed by atoms with Gasteiger partial charge in [-0.2, -0.15) is 0 Å². The summed E-state index contributed by atoms with van der Waals surface area (Å²) in [6, 6.07) is 0. The zero-order valence-corrected chi connectivity index (χ0v) is 11.8. The van der Waals surface area contributed by atoms with Gasteiger partial charge in [0, 0.05) is 0 Å². The van der Waals surface area contributed by atoms with E-state index in [9.17, 15) is 13.6 Å². The van der Waals surface area contributed by atoms with Gasteiger partial charge in [-0.1, -0.05) is 19.3 Å². The number of hydrogen-bond donors (Lipinski definition) is 2. The largest absolute Gasteiger partial charge is 0.444 e. The predicted molar refractivity (Wildman–Crippen MR) is 67.2 cm³/mol. The topological polar surface area (TPSA) is 58.6 Å². The average Bonchev–Trinajstić information content (AvgIpc) is 2.27. The van der Waals surface area contributed by atoms with Crippen molar-refractivity contribution in [1.29, 1.82) is 0 Å². The molecule has 0 radical (unpaired) electrons. The first-order valence-corrected chi connectivity index (χ1v) is 6.62. The summed E-state index contributed by atoms with van der Waals surface area (Å²) in [5.74, 6) is -3.34. The van der Waals surface area contributed by atoms with E-state index in [-0.39, 0.29) is 12.8 Å². The van der Waals surface area contributed by atoms with Crippen LogP contribution in [0, 0.1) is 0 Å². The number of amides is 1. The number of halogens is 2. The fourth-order valence-corrected chi connectivity index (χ4v) is 2.39. The van der Waals surface area contributed by atoms with Gasteiger partial charge in [-0.15, -0.1) is 0 Å². The van der Waals surface area contributed by atoms with E-state index in [2.05, 4.69) is 5.32 Å². The molecular formula is C13H23F2NO3. The minimum atomic E-state index is -3.34. The molecule has 1 aliphatic carbocycles. The SMILES string of the molecule is CC(C)(C)OC(=O)NC1(C(F)(F)CO)CCCCC1. The molecule has 0 heterocycles. The molecule has 4 nitrogen and oxygen atoms in total. The van der Waals surface area contributed by atoms with Gasteiger partial charge >= 0.3 is 6.09 Å². The lowest BCUT2D eigenvalue weighted by molar-refractivity contribution is -0.134. The molecule has 0 aromatic heterocycles. The molecule has 2 N–H and O–H groups in total. The molecule has 0 bridgehead atoms. The molecular weight excluding hydrogens is 256 g/mol. The van der Waals surface area contributed by atoms with Crippen LogP contribution in [0.3, 0.4) is 0 Å². The van der Waals surface area contributed by atoms with Crippen LogP contribution in [0.15, 0.2) is 0 Å². The lowest BCUT2D eigenvalue weighted by Crippen LogP contribution is -2.63. The highest BCUT2D eigenvalue weighted by Crippen LogP contribution is 2.40. The zero-order chi connectivity index (χ0) is 14.7. The van der Waals surface area contributed by atoms with Gasteiger partial charge in [0.25, 0.3) is 5.92 Å². The van der Waals surface area contributed by atoms with Crippen LogP contribution in [0.1, 0.15) is 52.9 Å². The Kier molecular flexibility index (Phi) is 4.76. The van der Waals surface area contributed by atoms with Crippen molar-refractivity contribution in [2.24, 2.45) is 0 Å². The molecule has 0 saturated heterocycles. The van der Waals surface area contributed by atoms with Crippen LogP contribution in [0.25, 0.3) is 0 Å². The maximum Gasteiger partial charge on any atom is 0.408 e. The summed E-state index contributed by atoms with van der Waals surface area (Å²) in [5.41, 5.74) is -2.43. The summed E-state index contributed by atoms with van der Waals surface area (Å²) in [5, 5.41) is 11.2. The molecule has 19 heavy (non-hydrogen) atoms. The average molecular weight is 279 g/mol. The van der Waals surface area contributed by atoms with E-state index in [1.165, 1.54) is 0 Å². The Bertz CT molecular complexity index is 320. The van der Waals surface area contributed by atoms with Crippen molar-refractivity contribution < 1.29 is 23.4 Å². The number of alkyl carbamates (subject to hydrolysis) is 1. The molecule has 0 aliphatic heterocycles. The number of nitrogens with one attached hydrogen (secondary N) is 1. The smallest absolute Gasteiger partial charge is 0.408 e. The monoisotopic (exact) mass is 279 g/mol. The van der Waals surface area contributed by atoms with Gasteiger partial charge in [-0.05, 0) is 33.6 Å². The summed E-state index contributed by atoms with van der Waals surface area (Å²) >= 11 is 0. The standard InChI is InChI=1S/C13H23F2NO3/c1-11(2,3)19-10(18)16-12(13(14,15)9-17)7-5-4-6-8-12/h17H,4-9H2,1-3H3,(H,16,18). The van der Waals surface area contributed by atoms with E-state index in [4.69, 9.17) is 9.84 Å². The highest BCUT2D eigenvalue weighted by Gasteiger charge is 2.54. The maximum absolute atomic E-state index is 14.0. The van der Waals surface area contributed by atoms with Crippen molar-refractivity contribution in [1.82, 2.24) is 5.32 Å².